The van der Waals surface area contributed by atoms with E-state index in [0.29, 0.717) is 5.25 Å². The smallest absolute Gasteiger partial charge is 0.0523 e. The van der Waals surface area contributed by atoms with E-state index in [2.05, 4.69) is 30.2 Å². The molecule has 0 saturated heterocycles. The third-order valence-corrected chi connectivity index (χ3v) is 3.71. The van der Waals surface area contributed by atoms with Crippen LogP contribution in [0.3, 0.4) is 0 Å². The maximum Gasteiger partial charge on any atom is 0.0523 e. The fourth-order valence-electron chi connectivity index (χ4n) is 1.43. The van der Waals surface area contributed by atoms with E-state index in [1.807, 2.05) is 24.0 Å². The lowest BCUT2D eigenvalue weighted by molar-refractivity contribution is 0.289. The van der Waals surface area contributed by atoms with Gasteiger partial charge < -0.3 is 10.4 Å². The van der Waals surface area contributed by atoms with Gasteiger partial charge in [0.15, 0.2) is 0 Å². The second-order valence-electron chi connectivity index (χ2n) is 4.10. The number of thioether (sulfide) groups is 1. The Labute approximate surface area is 108 Å². The third-order valence-electron chi connectivity index (χ3n) is 2.45. The molecule has 1 aromatic heterocycles. The molecular weight excluding hydrogens is 232 g/mol. The lowest BCUT2D eigenvalue weighted by Gasteiger charge is -2.10. The predicted octanol–water partition coefficient (Wildman–Crippen LogP) is 2.91. The minimum atomic E-state index is 0.264. The summed E-state index contributed by atoms with van der Waals surface area (Å²) in [5.41, 5.74) is 2.24. The summed E-state index contributed by atoms with van der Waals surface area (Å²) in [6.07, 6.45) is 3.82. The molecular formula is C13H22N2OS. The number of aliphatic hydroxyl groups excluding tert-OH is 1. The van der Waals surface area contributed by atoms with Crippen molar-refractivity contribution >= 4 is 17.4 Å². The van der Waals surface area contributed by atoms with Crippen molar-refractivity contribution in [1.82, 2.24) is 4.98 Å². The van der Waals surface area contributed by atoms with E-state index in [1.165, 1.54) is 0 Å². The van der Waals surface area contributed by atoms with Gasteiger partial charge in [-0.2, -0.15) is 11.8 Å². The maximum absolute atomic E-state index is 8.84. The first-order valence-electron chi connectivity index (χ1n) is 6.17. The zero-order valence-corrected chi connectivity index (χ0v) is 11.5. The molecule has 17 heavy (non-hydrogen) atoms. The average Bonchev–Trinajstić information content (AvgIpc) is 2.35. The van der Waals surface area contributed by atoms with Gasteiger partial charge in [-0.1, -0.05) is 13.8 Å². The summed E-state index contributed by atoms with van der Waals surface area (Å²) < 4.78 is 0. The van der Waals surface area contributed by atoms with Gasteiger partial charge in [0.25, 0.3) is 0 Å². The molecule has 1 aromatic rings. The van der Waals surface area contributed by atoms with Crippen LogP contribution in [0.4, 0.5) is 5.69 Å². The molecule has 0 amide bonds. The fourth-order valence-corrected chi connectivity index (χ4v) is 2.31. The summed E-state index contributed by atoms with van der Waals surface area (Å²) in [7, 11) is 0. The Hall–Kier alpha value is -0.740. The molecule has 96 valence electrons. The summed E-state index contributed by atoms with van der Waals surface area (Å²) in [5, 5.41) is 12.7. The summed E-state index contributed by atoms with van der Waals surface area (Å²) in [6.45, 7) is 5.55. The molecule has 0 saturated carbocycles. The molecule has 0 aliphatic heterocycles. The molecule has 0 aliphatic rings. The van der Waals surface area contributed by atoms with Crippen molar-refractivity contribution in [2.45, 2.75) is 37.7 Å². The zero-order chi connectivity index (χ0) is 12.5. The van der Waals surface area contributed by atoms with E-state index in [0.717, 1.165) is 36.5 Å². The van der Waals surface area contributed by atoms with Crippen LogP contribution in [0.1, 0.15) is 32.4 Å². The lowest BCUT2D eigenvalue weighted by atomic mass is 10.3. The average molecular weight is 254 g/mol. The molecule has 3 nitrogen and oxygen atoms in total. The summed E-state index contributed by atoms with van der Waals surface area (Å²) in [4.78, 5) is 4.36. The maximum atomic E-state index is 8.84. The van der Waals surface area contributed by atoms with Gasteiger partial charge in [-0.25, -0.2) is 0 Å². The van der Waals surface area contributed by atoms with Crippen molar-refractivity contribution in [3.63, 3.8) is 0 Å². The number of rotatable bonds is 8. The molecule has 0 aliphatic carbocycles. The Bertz CT molecular complexity index is 320. The van der Waals surface area contributed by atoms with E-state index in [1.54, 1.807) is 0 Å². The van der Waals surface area contributed by atoms with Crippen molar-refractivity contribution in [3.05, 3.63) is 24.0 Å². The van der Waals surface area contributed by atoms with Crippen LogP contribution < -0.4 is 5.32 Å². The van der Waals surface area contributed by atoms with E-state index in [-0.39, 0.29) is 6.61 Å². The van der Waals surface area contributed by atoms with E-state index < -0.39 is 0 Å². The number of nitrogens with one attached hydrogen (secondary N) is 1. The van der Waals surface area contributed by atoms with Gasteiger partial charge in [0.1, 0.15) is 0 Å². The first-order chi connectivity index (χ1) is 8.26. The standard InChI is InChI=1S/C13H22N2OS/c1-3-6-14-12-4-7-15-13(9-12)10-17-11(2)5-8-16/h4,7,9,11,16H,3,5-6,8,10H2,1-2H3,(H,14,15). The zero-order valence-electron chi connectivity index (χ0n) is 10.6. The van der Waals surface area contributed by atoms with Gasteiger partial charge >= 0.3 is 0 Å². The second kappa shape index (κ2) is 8.37. The SMILES string of the molecule is CCCNc1ccnc(CSC(C)CCO)c1. The van der Waals surface area contributed by atoms with Crippen molar-refractivity contribution in [2.24, 2.45) is 0 Å². The van der Waals surface area contributed by atoms with E-state index >= 15 is 0 Å². The normalized spacial score (nSPS) is 12.4. The van der Waals surface area contributed by atoms with Gasteiger partial charge in [-0.05, 0) is 25.0 Å². The van der Waals surface area contributed by atoms with Crippen LogP contribution in [-0.4, -0.2) is 28.5 Å². The molecule has 0 aromatic carbocycles. The van der Waals surface area contributed by atoms with Crippen molar-refractivity contribution in [1.29, 1.82) is 0 Å². The predicted molar refractivity (Wildman–Crippen MR) is 75.5 cm³/mol. The Kier molecular flexibility index (Phi) is 7.05. The number of aromatic nitrogens is 1. The number of nitrogens with zero attached hydrogens (tertiary/aromatic N) is 1. The van der Waals surface area contributed by atoms with Gasteiger partial charge in [0, 0.05) is 36.0 Å². The van der Waals surface area contributed by atoms with Crippen LogP contribution in [0.15, 0.2) is 18.3 Å². The molecule has 1 unspecified atom stereocenters. The molecule has 1 heterocycles. The second-order valence-corrected chi connectivity index (χ2v) is 5.52. The van der Waals surface area contributed by atoms with Crippen LogP contribution in [0.25, 0.3) is 0 Å². The molecule has 0 spiro atoms. The number of anilines is 1. The highest BCUT2D eigenvalue weighted by Crippen LogP contribution is 2.20. The summed E-state index contributed by atoms with van der Waals surface area (Å²) in [6, 6.07) is 4.11. The Balaban J connectivity index is 2.42. The van der Waals surface area contributed by atoms with Crippen LogP contribution in [0, 0.1) is 0 Å². The Morgan fingerprint density at radius 3 is 3.06 bits per heavy atom. The van der Waals surface area contributed by atoms with Crippen molar-refractivity contribution in [3.8, 4) is 0 Å². The highest BCUT2D eigenvalue weighted by Gasteiger charge is 2.03. The minimum Gasteiger partial charge on any atom is -0.396 e. The van der Waals surface area contributed by atoms with E-state index in [9.17, 15) is 0 Å². The van der Waals surface area contributed by atoms with Gasteiger partial charge in [-0.3, -0.25) is 4.98 Å². The number of pyridine rings is 1. The number of hydrogen-bond donors (Lipinski definition) is 2. The summed E-state index contributed by atoms with van der Waals surface area (Å²) >= 11 is 1.84. The monoisotopic (exact) mass is 254 g/mol. The van der Waals surface area contributed by atoms with E-state index in [4.69, 9.17) is 5.11 Å². The lowest BCUT2D eigenvalue weighted by Crippen LogP contribution is -2.02. The number of aliphatic hydroxyl groups is 1. The Morgan fingerprint density at radius 1 is 1.53 bits per heavy atom. The largest absolute Gasteiger partial charge is 0.396 e. The minimum absolute atomic E-state index is 0.264. The third kappa shape index (κ3) is 5.94. The molecule has 4 heteroatoms. The first kappa shape index (κ1) is 14.3. The van der Waals surface area contributed by atoms with Gasteiger partial charge in [-0.15, -0.1) is 0 Å². The molecule has 0 radical (unpaired) electrons. The van der Waals surface area contributed by atoms with Crippen LogP contribution >= 0.6 is 11.8 Å². The number of hydrogen-bond acceptors (Lipinski definition) is 4. The molecule has 1 rings (SSSR count). The first-order valence-corrected chi connectivity index (χ1v) is 7.22. The molecule has 0 fully saturated rings. The van der Waals surface area contributed by atoms with Crippen LogP contribution in [0.5, 0.6) is 0 Å². The van der Waals surface area contributed by atoms with Crippen LogP contribution in [0.2, 0.25) is 0 Å². The van der Waals surface area contributed by atoms with Crippen molar-refractivity contribution in [2.75, 3.05) is 18.5 Å². The van der Waals surface area contributed by atoms with Crippen molar-refractivity contribution < 1.29 is 5.11 Å². The van der Waals surface area contributed by atoms with Gasteiger partial charge in [0.05, 0.1) is 5.69 Å². The van der Waals surface area contributed by atoms with Crippen LogP contribution in [-0.2, 0) is 5.75 Å². The Morgan fingerprint density at radius 2 is 2.35 bits per heavy atom. The molecule has 2 N–H and O–H groups in total. The highest BCUT2D eigenvalue weighted by atomic mass is 32.2. The summed E-state index contributed by atoms with van der Waals surface area (Å²) in [5.74, 6) is 0.906. The van der Waals surface area contributed by atoms with Gasteiger partial charge in [0.2, 0.25) is 0 Å². The highest BCUT2D eigenvalue weighted by molar-refractivity contribution is 7.99. The fraction of sp³-hybridized carbons (Fsp3) is 0.615. The topological polar surface area (TPSA) is 45.2 Å². The molecule has 0 bridgehead atoms. The molecule has 1 atom stereocenters. The quantitative estimate of drug-likeness (QED) is 0.749.